The molecule has 0 radical (unpaired) electrons. The first-order valence-electron chi connectivity index (χ1n) is 7.42. The molecule has 2 atom stereocenters. The van der Waals surface area contributed by atoms with Gasteiger partial charge in [-0.1, -0.05) is 31.9 Å². The monoisotopic (exact) mass is 271 g/mol. The topological polar surface area (TPSA) is 57.8 Å². The third kappa shape index (κ3) is 2.75. The van der Waals surface area contributed by atoms with Crippen molar-refractivity contribution >= 4 is 10.9 Å². The van der Waals surface area contributed by atoms with Crippen molar-refractivity contribution in [1.29, 1.82) is 0 Å². The molecule has 4 heteroatoms. The van der Waals surface area contributed by atoms with Gasteiger partial charge in [-0.15, -0.1) is 0 Å². The van der Waals surface area contributed by atoms with Crippen LogP contribution < -0.4 is 10.9 Å². The largest absolute Gasteiger partial charge is 0.310 e. The van der Waals surface area contributed by atoms with Crippen molar-refractivity contribution in [1.82, 2.24) is 15.3 Å². The smallest absolute Gasteiger partial charge is 0.258 e. The van der Waals surface area contributed by atoms with Crippen molar-refractivity contribution in [3.63, 3.8) is 0 Å². The lowest BCUT2D eigenvalue weighted by Gasteiger charge is -2.15. The van der Waals surface area contributed by atoms with E-state index in [1.54, 1.807) is 6.07 Å². The molecule has 0 spiro atoms. The van der Waals surface area contributed by atoms with E-state index < -0.39 is 0 Å². The molecule has 0 amide bonds. The lowest BCUT2D eigenvalue weighted by Crippen LogP contribution is -2.26. The zero-order valence-electron chi connectivity index (χ0n) is 11.9. The summed E-state index contributed by atoms with van der Waals surface area (Å²) in [5, 5.41) is 4.09. The Hall–Kier alpha value is -1.68. The van der Waals surface area contributed by atoms with Crippen LogP contribution in [0.4, 0.5) is 0 Å². The zero-order chi connectivity index (χ0) is 13.9. The van der Waals surface area contributed by atoms with Crippen LogP contribution in [0.25, 0.3) is 10.9 Å². The molecule has 0 aliphatic heterocycles. The number of nitrogens with zero attached hydrogens (tertiary/aromatic N) is 1. The molecule has 2 unspecified atom stereocenters. The third-order valence-corrected chi connectivity index (χ3v) is 4.40. The molecule has 106 valence electrons. The molecule has 1 aliphatic rings. The van der Waals surface area contributed by atoms with Crippen LogP contribution in [0.2, 0.25) is 0 Å². The fourth-order valence-electron chi connectivity index (χ4n) is 3.12. The lowest BCUT2D eigenvalue weighted by molar-refractivity contribution is 0.390. The van der Waals surface area contributed by atoms with E-state index in [4.69, 9.17) is 0 Å². The second kappa shape index (κ2) is 5.75. The first-order chi connectivity index (χ1) is 9.74. The highest BCUT2D eigenvalue weighted by molar-refractivity contribution is 5.77. The molecule has 20 heavy (non-hydrogen) atoms. The summed E-state index contributed by atoms with van der Waals surface area (Å²) in [6, 6.07) is 7.45. The van der Waals surface area contributed by atoms with E-state index in [-0.39, 0.29) is 5.56 Å². The predicted molar refractivity (Wildman–Crippen MR) is 80.6 cm³/mol. The van der Waals surface area contributed by atoms with Gasteiger partial charge in [0.1, 0.15) is 5.82 Å². The van der Waals surface area contributed by atoms with E-state index in [9.17, 15) is 4.79 Å². The van der Waals surface area contributed by atoms with Crippen LogP contribution in [-0.2, 0) is 6.54 Å². The minimum Gasteiger partial charge on any atom is -0.310 e. The van der Waals surface area contributed by atoms with Crippen molar-refractivity contribution < 1.29 is 0 Å². The van der Waals surface area contributed by atoms with Crippen molar-refractivity contribution in [3.05, 3.63) is 40.4 Å². The van der Waals surface area contributed by atoms with E-state index in [0.29, 0.717) is 11.9 Å². The van der Waals surface area contributed by atoms with Gasteiger partial charge in [0.2, 0.25) is 0 Å². The molecule has 1 saturated carbocycles. The molecule has 1 fully saturated rings. The number of fused-ring (bicyclic) bond motifs is 1. The van der Waals surface area contributed by atoms with E-state index in [1.165, 1.54) is 19.3 Å². The summed E-state index contributed by atoms with van der Waals surface area (Å²) in [7, 11) is 0. The van der Waals surface area contributed by atoms with Gasteiger partial charge in [-0.2, -0.15) is 0 Å². The molecule has 0 saturated heterocycles. The SMILES string of the molecule is CC1CCCC1CNCc1nc2ccccc2c(=O)[nH]1. The molecule has 0 bridgehead atoms. The molecule has 1 aromatic heterocycles. The predicted octanol–water partition coefficient (Wildman–Crippen LogP) is 2.45. The zero-order valence-corrected chi connectivity index (χ0v) is 11.9. The molecular weight excluding hydrogens is 250 g/mol. The number of aromatic amines is 1. The summed E-state index contributed by atoms with van der Waals surface area (Å²) in [6.07, 6.45) is 4.01. The Balaban J connectivity index is 1.67. The van der Waals surface area contributed by atoms with E-state index in [1.807, 2.05) is 18.2 Å². The van der Waals surface area contributed by atoms with E-state index in [0.717, 1.165) is 29.7 Å². The molecule has 2 aromatic rings. The Labute approximate surface area is 118 Å². The Morgan fingerprint density at radius 3 is 3.00 bits per heavy atom. The number of hydrogen-bond donors (Lipinski definition) is 2. The van der Waals surface area contributed by atoms with Crippen LogP contribution in [0.1, 0.15) is 32.0 Å². The molecule has 1 aromatic carbocycles. The third-order valence-electron chi connectivity index (χ3n) is 4.40. The lowest BCUT2D eigenvalue weighted by atomic mass is 9.98. The first kappa shape index (κ1) is 13.3. The van der Waals surface area contributed by atoms with Crippen LogP contribution >= 0.6 is 0 Å². The number of aromatic nitrogens is 2. The van der Waals surface area contributed by atoms with Gasteiger partial charge in [-0.05, 0) is 36.9 Å². The number of para-hydroxylation sites is 1. The average Bonchev–Trinajstić information content (AvgIpc) is 2.85. The van der Waals surface area contributed by atoms with E-state index in [2.05, 4.69) is 22.2 Å². The first-order valence-corrected chi connectivity index (χ1v) is 7.42. The van der Waals surface area contributed by atoms with Gasteiger partial charge >= 0.3 is 0 Å². The highest BCUT2D eigenvalue weighted by atomic mass is 16.1. The maximum Gasteiger partial charge on any atom is 0.258 e. The molecule has 2 N–H and O–H groups in total. The standard InChI is InChI=1S/C16H21N3O/c1-11-5-4-6-12(11)9-17-10-15-18-14-8-3-2-7-13(14)16(20)19-15/h2-3,7-8,11-12,17H,4-6,9-10H2,1H3,(H,18,19,20). The van der Waals surface area contributed by atoms with Crippen LogP contribution in [0, 0.1) is 11.8 Å². The number of H-pyrrole nitrogens is 1. The van der Waals surface area contributed by atoms with Gasteiger partial charge in [-0.3, -0.25) is 4.79 Å². The van der Waals surface area contributed by atoms with Gasteiger partial charge in [0.25, 0.3) is 5.56 Å². The quantitative estimate of drug-likeness (QED) is 0.898. The number of hydrogen-bond acceptors (Lipinski definition) is 3. The summed E-state index contributed by atoms with van der Waals surface area (Å²) in [5.74, 6) is 2.30. The number of benzene rings is 1. The van der Waals surface area contributed by atoms with Crippen molar-refractivity contribution in [3.8, 4) is 0 Å². The minimum absolute atomic E-state index is 0.0540. The summed E-state index contributed by atoms with van der Waals surface area (Å²) < 4.78 is 0. The Bertz CT molecular complexity index is 649. The van der Waals surface area contributed by atoms with Gasteiger partial charge in [-0.25, -0.2) is 4.98 Å². The summed E-state index contributed by atoms with van der Waals surface area (Å²) in [4.78, 5) is 19.3. The van der Waals surface area contributed by atoms with E-state index >= 15 is 0 Å². The fourth-order valence-corrected chi connectivity index (χ4v) is 3.12. The van der Waals surface area contributed by atoms with Gasteiger partial charge in [0.05, 0.1) is 17.4 Å². The molecule has 1 heterocycles. The van der Waals surface area contributed by atoms with Gasteiger partial charge < -0.3 is 10.3 Å². The average molecular weight is 271 g/mol. The molecular formula is C16H21N3O. The second-order valence-corrected chi connectivity index (χ2v) is 5.83. The maximum atomic E-state index is 11.9. The summed E-state index contributed by atoms with van der Waals surface area (Å²) in [5.41, 5.74) is 0.712. The van der Waals surface area contributed by atoms with Crippen LogP contribution in [0.3, 0.4) is 0 Å². The normalized spacial score (nSPS) is 22.4. The van der Waals surface area contributed by atoms with Gasteiger partial charge in [0, 0.05) is 0 Å². The number of nitrogens with one attached hydrogen (secondary N) is 2. The molecule has 4 nitrogen and oxygen atoms in total. The molecule has 3 rings (SSSR count). The number of rotatable bonds is 4. The summed E-state index contributed by atoms with van der Waals surface area (Å²) >= 11 is 0. The van der Waals surface area contributed by atoms with Crippen molar-refractivity contribution in [2.24, 2.45) is 11.8 Å². The molecule has 1 aliphatic carbocycles. The van der Waals surface area contributed by atoms with Crippen LogP contribution in [0.15, 0.2) is 29.1 Å². The minimum atomic E-state index is -0.0540. The highest BCUT2D eigenvalue weighted by Crippen LogP contribution is 2.30. The second-order valence-electron chi connectivity index (χ2n) is 5.83. The Morgan fingerprint density at radius 2 is 2.20 bits per heavy atom. The Kier molecular flexibility index (Phi) is 3.83. The summed E-state index contributed by atoms with van der Waals surface area (Å²) in [6.45, 7) is 3.97. The van der Waals surface area contributed by atoms with Crippen molar-refractivity contribution in [2.75, 3.05) is 6.54 Å². The highest BCUT2D eigenvalue weighted by Gasteiger charge is 2.22. The van der Waals surface area contributed by atoms with Crippen LogP contribution in [-0.4, -0.2) is 16.5 Å². The van der Waals surface area contributed by atoms with Crippen molar-refractivity contribution in [2.45, 2.75) is 32.7 Å². The fraction of sp³-hybridized carbons (Fsp3) is 0.500. The maximum absolute atomic E-state index is 11.9. The van der Waals surface area contributed by atoms with Gasteiger partial charge in [0.15, 0.2) is 0 Å². The van der Waals surface area contributed by atoms with Crippen LogP contribution in [0.5, 0.6) is 0 Å². The Morgan fingerprint density at radius 1 is 1.35 bits per heavy atom.